The van der Waals surface area contributed by atoms with Crippen molar-refractivity contribution in [3.05, 3.63) is 65.7 Å². The first-order chi connectivity index (χ1) is 20.4. The summed E-state index contributed by atoms with van der Waals surface area (Å²) in [5.41, 5.74) is -0.250. The average Bonchev–Trinajstić information content (AvgIpc) is 3.77. The quantitative estimate of drug-likeness (QED) is 0.293. The van der Waals surface area contributed by atoms with Crippen molar-refractivity contribution in [2.24, 2.45) is 11.3 Å². The molecule has 1 amide bonds. The number of ether oxygens (including phenoxy) is 2. The molecule has 2 aromatic carbocycles. The molecule has 3 aromatic rings. The van der Waals surface area contributed by atoms with E-state index in [4.69, 9.17) is 21.1 Å². The van der Waals surface area contributed by atoms with Gasteiger partial charge in [0.25, 0.3) is 15.9 Å². The lowest BCUT2D eigenvalue weighted by Crippen LogP contribution is -2.43. The summed E-state index contributed by atoms with van der Waals surface area (Å²) in [6, 6.07) is 19.8. The van der Waals surface area contributed by atoms with Crippen LogP contribution in [-0.2, 0) is 14.8 Å². The molecule has 0 radical (unpaired) electrons. The van der Waals surface area contributed by atoms with Gasteiger partial charge in [0.15, 0.2) is 10.6 Å². The minimum atomic E-state index is -4.29. The van der Waals surface area contributed by atoms with E-state index in [2.05, 4.69) is 29.6 Å². The summed E-state index contributed by atoms with van der Waals surface area (Å²) in [6.45, 7) is 7.81. The van der Waals surface area contributed by atoms with Gasteiger partial charge in [0, 0.05) is 36.5 Å². The Kier molecular flexibility index (Phi) is 8.59. The van der Waals surface area contributed by atoms with Gasteiger partial charge < -0.3 is 14.4 Å². The van der Waals surface area contributed by atoms with Crippen LogP contribution in [0.3, 0.4) is 0 Å². The number of nitrogens with one attached hydrogen (secondary N) is 1. The van der Waals surface area contributed by atoms with Crippen LogP contribution in [0.15, 0.2) is 65.7 Å². The number of anilines is 1. The van der Waals surface area contributed by atoms with E-state index in [1.165, 1.54) is 6.07 Å². The van der Waals surface area contributed by atoms with Crippen LogP contribution in [0.1, 0.15) is 46.5 Å². The molecule has 2 fully saturated rings. The molecule has 43 heavy (non-hydrogen) atoms. The molecule has 0 atom stereocenters. The fourth-order valence-corrected chi connectivity index (χ4v) is 6.04. The summed E-state index contributed by atoms with van der Waals surface area (Å²) in [4.78, 5) is 19.7. The normalized spacial score (nSPS) is 17.2. The minimum absolute atomic E-state index is 0.260. The van der Waals surface area contributed by atoms with Gasteiger partial charge >= 0.3 is 0 Å². The zero-order chi connectivity index (χ0) is 30.8. The molecule has 1 aliphatic carbocycles. The average molecular weight is 623 g/mol. The van der Waals surface area contributed by atoms with Gasteiger partial charge in [0.05, 0.1) is 18.1 Å². The SMILES string of the molecule is CC(C)COc1cccc(-c2ccc(Cl)cc2OC2(C(=O)NS(=O)(=O)c3cccc(N4CCC(C)(C#N)CC4)n3)CC2)c1. The molecule has 2 heterocycles. The molecule has 9 nitrogen and oxygen atoms in total. The first-order valence-corrected chi connectivity index (χ1v) is 16.2. The lowest BCUT2D eigenvalue weighted by atomic mass is 9.82. The molecule has 5 rings (SSSR count). The molecule has 1 saturated heterocycles. The standard InChI is InChI=1S/C32H35ClN4O5S/c1-22(2)20-41-25-7-4-6-23(18-25)26-11-10-24(33)19-27(26)42-32(12-13-32)30(38)36-43(39,40)29-9-5-8-28(35-29)37-16-14-31(3,21-34)15-17-37/h4-11,18-19,22H,12-17,20H2,1-3H3,(H,36,38). The Balaban J connectivity index is 1.32. The monoisotopic (exact) mass is 622 g/mol. The number of carbonyl (C=O) groups is 1. The Hall–Kier alpha value is -3.81. The molecule has 2 aliphatic rings. The van der Waals surface area contributed by atoms with Gasteiger partial charge in [-0.3, -0.25) is 4.79 Å². The van der Waals surface area contributed by atoms with Gasteiger partial charge in [-0.05, 0) is 73.7 Å². The lowest BCUT2D eigenvalue weighted by Gasteiger charge is -2.35. The zero-order valence-corrected chi connectivity index (χ0v) is 26.0. The van der Waals surface area contributed by atoms with E-state index in [0.29, 0.717) is 79.2 Å². The second kappa shape index (κ2) is 12.1. The Morgan fingerprint density at radius 1 is 1.09 bits per heavy atom. The number of amides is 1. The maximum Gasteiger partial charge on any atom is 0.281 e. The summed E-state index contributed by atoms with van der Waals surface area (Å²) < 4.78 is 40.9. The number of sulfonamides is 1. The largest absolute Gasteiger partial charge is 0.493 e. The third-order valence-corrected chi connectivity index (χ3v) is 9.23. The number of pyridine rings is 1. The van der Waals surface area contributed by atoms with Crippen molar-refractivity contribution in [1.29, 1.82) is 5.26 Å². The van der Waals surface area contributed by atoms with E-state index in [-0.39, 0.29) is 5.03 Å². The number of rotatable bonds is 10. The number of nitrogens with zero attached hydrogens (tertiary/aromatic N) is 3. The van der Waals surface area contributed by atoms with Crippen LogP contribution >= 0.6 is 11.6 Å². The molecule has 1 saturated carbocycles. The van der Waals surface area contributed by atoms with Gasteiger partial charge in [-0.2, -0.15) is 13.7 Å². The van der Waals surface area contributed by atoms with Crippen molar-refractivity contribution in [2.45, 2.75) is 57.1 Å². The number of halogens is 1. The van der Waals surface area contributed by atoms with Gasteiger partial charge in [-0.15, -0.1) is 0 Å². The highest BCUT2D eigenvalue weighted by molar-refractivity contribution is 7.90. The van der Waals surface area contributed by atoms with Crippen molar-refractivity contribution in [3.63, 3.8) is 0 Å². The predicted octanol–water partition coefficient (Wildman–Crippen LogP) is 5.98. The van der Waals surface area contributed by atoms with Gasteiger partial charge in [0.2, 0.25) is 0 Å². The number of hydrogen-bond acceptors (Lipinski definition) is 8. The molecule has 1 aromatic heterocycles. The second-order valence-corrected chi connectivity index (χ2v) is 14.0. The number of nitriles is 1. The van der Waals surface area contributed by atoms with Crippen molar-refractivity contribution in [2.75, 3.05) is 24.6 Å². The molecule has 0 bridgehead atoms. The molecular weight excluding hydrogens is 588 g/mol. The number of hydrogen-bond donors (Lipinski definition) is 1. The predicted molar refractivity (Wildman–Crippen MR) is 165 cm³/mol. The third-order valence-electron chi connectivity index (χ3n) is 7.77. The number of benzene rings is 2. The van der Waals surface area contributed by atoms with Crippen molar-refractivity contribution < 1.29 is 22.7 Å². The van der Waals surface area contributed by atoms with Gasteiger partial charge in [-0.1, -0.05) is 43.6 Å². The Bertz CT molecular complexity index is 1660. The highest BCUT2D eigenvalue weighted by atomic mass is 35.5. The van der Waals surface area contributed by atoms with Crippen LogP contribution in [0.5, 0.6) is 11.5 Å². The lowest BCUT2D eigenvalue weighted by molar-refractivity contribution is -0.127. The van der Waals surface area contributed by atoms with E-state index in [1.54, 1.807) is 30.3 Å². The highest BCUT2D eigenvalue weighted by Crippen LogP contribution is 2.45. The van der Waals surface area contributed by atoms with Crippen LogP contribution in [0, 0.1) is 22.7 Å². The molecular formula is C32H35ClN4O5S. The highest BCUT2D eigenvalue weighted by Gasteiger charge is 2.54. The molecule has 1 aliphatic heterocycles. The first kappa shape index (κ1) is 30.6. The summed E-state index contributed by atoms with van der Waals surface area (Å²) >= 11 is 6.31. The van der Waals surface area contributed by atoms with Crippen molar-refractivity contribution in [3.8, 4) is 28.7 Å². The molecule has 1 N–H and O–H groups in total. The van der Waals surface area contributed by atoms with E-state index in [9.17, 15) is 18.5 Å². The van der Waals surface area contributed by atoms with E-state index < -0.39 is 26.9 Å². The Morgan fingerprint density at radius 3 is 2.49 bits per heavy atom. The minimum Gasteiger partial charge on any atom is -0.493 e. The fourth-order valence-electron chi connectivity index (χ4n) is 4.87. The number of carbonyl (C=O) groups excluding carboxylic acids is 1. The number of piperidine rings is 1. The zero-order valence-electron chi connectivity index (χ0n) is 24.5. The molecule has 11 heteroatoms. The maximum atomic E-state index is 13.4. The molecule has 226 valence electrons. The van der Waals surface area contributed by atoms with Crippen molar-refractivity contribution >= 4 is 33.3 Å². The van der Waals surface area contributed by atoms with Crippen LogP contribution in [0.25, 0.3) is 11.1 Å². The third kappa shape index (κ3) is 7.06. The fraction of sp³-hybridized carbons (Fsp3) is 0.406. The van der Waals surface area contributed by atoms with E-state index in [1.807, 2.05) is 36.1 Å². The van der Waals surface area contributed by atoms with E-state index >= 15 is 0 Å². The van der Waals surface area contributed by atoms with Crippen LogP contribution in [0.4, 0.5) is 5.82 Å². The summed E-state index contributed by atoms with van der Waals surface area (Å²) in [5.74, 6) is 1.16. The van der Waals surface area contributed by atoms with Crippen LogP contribution < -0.4 is 19.1 Å². The summed E-state index contributed by atoms with van der Waals surface area (Å²) in [6.07, 6.45) is 1.99. The second-order valence-electron chi connectivity index (χ2n) is 11.9. The molecule has 0 unspecified atom stereocenters. The van der Waals surface area contributed by atoms with Crippen LogP contribution in [0.2, 0.25) is 5.02 Å². The maximum absolute atomic E-state index is 13.4. The van der Waals surface area contributed by atoms with Gasteiger partial charge in [0.1, 0.15) is 17.3 Å². The Labute approximate surface area is 257 Å². The smallest absolute Gasteiger partial charge is 0.281 e. The van der Waals surface area contributed by atoms with Crippen LogP contribution in [-0.4, -0.2) is 44.6 Å². The molecule has 0 spiro atoms. The van der Waals surface area contributed by atoms with Crippen molar-refractivity contribution in [1.82, 2.24) is 9.71 Å². The van der Waals surface area contributed by atoms with E-state index in [0.717, 1.165) is 5.56 Å². The summed E-state index contributed by atoms with van der Waals surface area (Å²) in [7, 11) is -4.29. The number of aromatic nitrogens is 1. The topological polar surface area (TPSA) is 122 Å². The Morgan fingerprint density at radius 2 is 1.81 bits per heavy atom. The first-order valence-electron chi connectivity index (χ1n) is 14.3. The van der Waals surface area contributed by atoms with Gasteiger partial charge in [-0.25, -0.2) is 9.71 Å². The summed E-state index contributed by atoms with van der Waals surface area (Å²) in [5, 5.41) is 9.57.